The van der Waals surface area contributed by atoms with Crippen molar-refractivity contribution in [1.82, 2.24) is 0 Å². The molecule has 0 aliphatic rings. The number of nitrogens with zero attached hydrogens (tertiary/aromatic N) is 1. The molecule has 0 spiro atoms. The molecule has 0 amide bonds. The van der Waals surface area contributed by atoms with Crippen molar-refractivity contribution in [2.75, 3.05) is 0 Å². The van der Waals surface area contributed by atoms with Crippen LogP contribution in [0.1, 0.15) is 0 Å². The maximum Gasteiger partial charge on any atom is 0.232 e. The summed E-state index contributed by atoms with van der Waals surface area (Å²) in [6.07, 6.45) is 2.08. The van der Waals surface area contributed by atoms with Crippen LogP contribution in [0.25, 0.3) is 0 Å². The summed E-state index contributed by atoms with van der Waals surface area (Å²) in [6.45, 7) is 0. The van der Waals surface area contributed by atoms with E-state index >= 15 is 0 Å². The Bertz CT molecular complexity index is 112. The van der Waals surface area contributed by atoms with Crippen molar-refractivity contribution >= 4 is 25.3 Å². The van der Waals surface area contributed by atoms with Gasteiger partial charge in [-0.25, -0.2) is 0 Å². The minimum Gasteiger partial charge on any atom is -0.259 e. The zero-order valence-corrected chi connectivity index (χ0v) is 5.68. The monoisotopic (exact) mass is 151 g/mol. The number of hydrogen-bond donors (Lipinski definition) is 2. The third-order valence-electron chi connectivity index (χ3n) is 0.380. The minimum absolute atomic E-state index is 0.347. The SMILES string of the molecule is O=[N+]([O-])C=CC(S)S. The van der Waals surface area contributed by atoms with Crippen LogP contribution >= 0.6 is 25.3 Å². The molecule has 0 aliphatic carbocycles. The summed E-state index contributed by atoms with van der Waals surface area (Å²) in [5.74, 6) is 0. The van der Waals surface area contributed by atoms with E-state index in [2.05, 4.69) is 25.3 Å². The van der Waals surface area contributed by atoms with Gasteiger partial charge in [-0.3, -0.25) is 10.1 Å². The summed E-state index contributed by atoms with van der Waals surface area (Å²) in [7, 11) is 0. The fraction of sp³-hybridized carbons (Fsp3) is 0.333. The van der Waals surface area contributed by atoms with Gasteiger partial charge in [0.2, 0.25) is 6.20 Å². The van der Waals surface area contributed by atoms with Crippen molar-refractivity contribution in [3.8, 4) is 0 Å². The van der Waals surface area contributed by atoms with E-state index in [4.69, 9.17) is 0 Å². The van der Waals surface area contributed by atoms with Crippen molar-refractivity contribution < 1.29 is 4.92 Å². The standard InChI is InChI=1S/C3H5NO2S2/c5-4(6)2-1-3(7)8/h1-3,7-8H. The van der Waals surface area contributed by atoms with Gasteiger partial charge in [-0.2, -0.15) is 25.3 Å². The molecule has 0 aromatic heterocycles. The molecule has 3 nitrogen and oxygen atoms in total. The summed E-state index contributed by atoms with van der Waals surface area (Å²) in [4.78, 5) is 9.00. The average molecular weight is 151 g/mol. The van der Waals surface area contributed by atoms with Crippen LogP contribution in [0.4, 0.5) is 0 Å². The van der Waals surface area contributed by atoms with Gasteiger partial charge in [-0.05, 0) is 0 Å². The van der Waals surface area contributed by atoms with E-state index < -0.39 is 4.92 Å². The van der Waals surface area contributed by atoms with E-state index in [0.29, 0.717) is 0 Å². The van der Waals surface area contributed by atoms with E-state index in [-0.39, 0.29) is 4.58 Å². The Morgan fingerprint density at radius 3 is 2.25 bits per heavy atom. The van der Waals surface area contributed by atoms with Crippen LogP contribution in [0.5, 0.6) is 0 Å². The summed E-state index contributed by atoms with van der Waals surface area (Å²) in [6, 6.07) is 0. The molecule has 0 fully saturated rings. The predicted octanol–water partition coefficient (Wildman–Crippen LogP) is 0.962. The molecule has 0 saturated carbocycles. The molecule has 0 rings (SSSR count). The van der Waals surface area contributed by atoms with Gasteiger partial charge in [-0.15, -0.1) is 0 Å². The fourth-order valence-electron chi connectivity index (χ4n) is 0.147. The number of thiol groups is 2. The first-order valence-corrected chi connectivity index (χ1v) is 2.84. The topological polar surface area (TPSA) is 43.1 Å². The third kappa shape index (κ3) is 5.84. The summed E-state index contributed by atoms with van der Waals surface area (Å²) in [5.41, 5.74) is 0. The molecule has 8 heavy (non-hydrogen) atoms. The fourth-order valence-corrected chi connectivity index (χ4v) is 0.301. The molecule has 0 bridgehead atoms. The van der Waals surface area contributed by atoms with E-state index in [0.717, 1.165) is 6.20 Å². The van der Waals surface area contributed by atoms with Gasteiger partial charge >= 0.3 is 0 Å². The lowest BCUT2D eigenvalue weighted by molar-refractivity contribution is -0.402. The van der Waals surface area contributed by atoms with Gasteiger partial charge in [0, 0.05) is 6.08 Å². The third-order valence-corrected chi connectivity index (χ3v) is 0.724. The molecule has 46 valence electrons. The lowest BCUT2D eigenvalue weighted by Gasteiger charge is -1.85. The molecule has 0 unspecified atom stereocenters. The molecule has 5 heteroatoms. The van der Waals surface area contributed by atoms with Crippen LogP contribution < -0.4 is 0 Å². The Labute approximate surface area is 57.7 Å². The van der Waals surface area contributed by atoms with Crippen LogP contribution in [-0.4, -0.2) is 9.51 Å². The highest BCUT2D eigenvalue weighted by molar-refractivity contribution is 7.99. The van der Waals surface area contributed by atoms with Crippen molar-refractivity contribution in [3.63, 3.8) is 0 Å². The molecule has 0 atom stereocenters. The van der Waals surface area contributed by atoms with Gasteiger partial charge in [0.05, 0.1) is 9.51 Å². The molecule has 0 saturated heterocycles. The van der Waals surface area contributed by atoms with Gasteiger partial charge < -0.3 is 0 Å². The van der Waals surface area contributed by atoms with Crippen molar-refractivity contribution in [2.45, 2.75) is 4.58 Å². The molecular weight excluding hydrogens is 146 g/mol. The largest absolute Gasteiger partial charge is 0.259 e. The molecule has 0 aliphatic heterocycles. The second kappa shape index (κ2) is 3.80. The zero-order valence-electron chi connectivity index (χ0n) is 3.89. The average Bonchev–Trinajstić information content (AvgIpc) is 1.61. The van der Waals surface area contributed by atoms with E-state index in [1.165, 1.54) is 6.08 Å². The molecule has 0 heterocycles. The first-order chi connectivity index (χ1) is 3.63. The number of nitro groups is 1. The lowest BCUT2D eigenvalue weighted by atomic mass is 10.7. The minimum atomic E-state index is -0.556. The Kier molecular flexibility index (Phi) is 3.72. The summed E-state index contributed by atoms with van der Waals surface area (Å²) >= 11 is 7.49. The van der Waals surface area contributed by atoms with Gasteiger partial charge in [0.1, 0.15) is 0 Å². The molecule has 0 radical (unpaired) electrons. The molecule has 0 aromatic carbocycles. The number of rotatable bonds is 2. The normalized spacial score (nSPS) is 10.9. The van der Waals surface area contributed by atoms with Gasteiger partial charge in [0.15, 0.2) is 0 Å². The highest BCUT2D eigenvalue weighted by Crippen LogP contribution is 1.99. The molecule has 0 N–H and O–H groups in total. The second-order valence-corrected chi connectivity index (χ2v) is 2.56. The van der Waals surface area contributed by atoms with Crippen LogP contribution in [0.15, 0.2) is 12.3 Å². The van der Waals surface area contributed by atoms with E-state index in [1.807, 2.05) is 0 Å². The molecule has 0 aromatic rings. The first kappa shape index (κ1) is 7.84. The van der Waals surface area contributed by atoms with E-state index in [9.17, 15) is 10.1 Å². The Balaban J connectivity index is 3.50. The highest BCUT2D eigenvalue weighted by atomic mass is 32.2. The van der Waals surface area contributed by atoms with Crippen LogP contribution in [0.3, 0.4) is 0 Å². The quantitative estimate of drug-likeness (QED) is 0.267. The van der Waals surface area contributed by atoms with Crippen LogP contribution in [0.2, 0.25) is 0 Å². The summed E-state index contributed by atoms with van der Waals surface area (Å²) < 4.78 is -0.347. The highest BCUT2D eigenvalue weighted by Gasteiger charge is 1.88. The van der Waals surface area contributed by atoms with Gasteiger partial charge in [-0.1, -0.05) is 0 Å². The smallest absolute Gasteiger partial charge is 0.232 e. The Morgan fingerprint density at radius 2 is 2.12 bits per heavy atom. The second-order valence-electron chi connectivity index (χ2n) is 1.04. The lowest BCUT2D eigenvalue weighted by Crippen LogP contribution is -1.85. The predicted molar refractivity (Wildman–Crippen MR) is 37.9 cm³/mol. The van der Waals surface area contributed by atoms with Gasteiger partial charge in [0.25, 0.3) is 0 Å². The zero-order chi connectivity index (χ0) is 6.57. The number of hydrogen-bond acceptors (Lipinski definition) is 4. The van der Waals surface area contributed by atoms with Crippen LogP contribution in [0, 0.1) is 10.1 Å². The Morgan fingerprint density at radius 1 is 1.62 bits per heavy atom. The van der Waals surface area contributed by atoms with E-state index in [1.54, 1.807) is 0 Å². The summed E-state index contributed by atoms with van der Waals surface area (Å²) in [5, 5.41) is 9.55. The molecular formula is C3H5NO2S2. The van der Waals surface area contributed by atoms with Crippen molar-refractivity contribution in [1.29, 1.82) is 0 Å². The maximum absolute atomic E-state index is 9.55. The Hall–Kier alpha value is -0.160. The van der Waals surface area contributed by atoms with Crippen molar-refractivity contribution in [3.05, 3.63) is 22.4 Å². The van der Waals surface area contributed by atoms with Crippen LogP contribution in [-0.2, 0) is 0 Å². The first-order valence-electron chi connectivity index (χ1n) is 1.81. The van der Waals surface area contributed by atoms with Crippen molar-refractivity contribution in [2.24, 2.45) is 0 Å². The maximum atomic E-state index is 9.55.